The number of aryl methyl sites for hydroxylation is 1. The first kappa shape index (κ1) is 12.2. The number of anilines is 1. The molecule has 2 N–H and O–H groups in total. The van der Waals surface area contributed by atoms with Crippen molar-refractivity contribution >= 4 is 11.7 Å². The van der Waals surface area contributed by atoms with E-state index in [4.69, 9.17) is 5.11 Å². The van der Waals surface area contributed by atoms with Gasteiger partial charge in [0, 0.05) is 25.1 Å². The number of aromatic carboxylic acids is 1. The molecule has 0 aliphatic rings. The number of carboxylic acids is 1. The summed E-state index contributed by atoms with van der Waals surface area (Å²) < 4.78 is 1.95. The molecule has 1 heterocycles. The zero-order valence-electron chi connectivity index (χ0n) is 10.3. The summed E-state index contributed by atoms with van der Waals surface area (Å²) in [7, 11) is 1.94. The monoisotopic (exact) mass is 245 g/mol. The molecule has 1 aromatic heterocycles. The van der Waals surface area contributed by atoms with Gasteiger partial charge in [0.1, 0.15) is 5.82 Å². The van der Waals surface area contributed by atoms with Crippen LogP contribution in [0.3, 0.4) is 0 Å². The van der Waals surface area contributed by atoms with Gasteiger partial charge in [-0.3, -0.25) is 0 Å². The number of rotatable bonds is 4. The molecule has 18 heavy (non-hydrogen) atoms. The Morgan fingerprint density at radius 3 is 2.56 bits per heavy atom. The lowest BCUT2D eigenvalue weighted by molar-refractivity contribution is 0.0697. The highest BCUT2D eigenvalue weighted by Crippen LogP contribution is 2.17. The van der Waals surface area contributed by atoms with Crippen LogP contribution in [0, 0.1) is 0 Å². The highest BCUT2D eigenvalue weighted by atomic mass is 16.4. The van der Waals surface area contributed by atoms with Crippen molar-refractivity contribution in [3.05, 3.63) is 48.0 Å². The maximum absolute atomic E-state index is 10.7. The molecule has 5 heteroatoms. The van der Waals surface area contributed by atoms with E-state index in [9.17, 15) is 4.79 Å². The molecule has 94 valence electrons. The number of nitrogens with one attached hydrogen (secondary N) is 1. The van der Waals surface area contributed by atoms with Gasteiger partial charge < -0.3 is 15.0 Å². The van der Waals surface area contributed by atoms with E-state index in [1.807, 2.05) is 24.7 Å². The molecule has 0 saturated carbocycles. The number of aromatic nitrogens is 2. The number of hydrogen-bond acceptors (Lipinski definition) is 3. The second kappa shape index (κ2) is 4.91. The van der Waals surface area contributed by atoms with E-state index in [0.29, 0.717) is 0 Å². The van der Waals surface area contributed by atoms with E-state index in [1.165, 1.54) is 0 Å². The van der Waals surface area contributed by atoms with Crippen molar-refractivity contribution in [3.8, 4) is 0 Å². The maximum Gasteiger partial charge on any atom is 0.335 e. The van der Waals surface area contributed by atoms with Crippen LogP contribution in [0.2, 0.25) is 0 Å². The molecule has 0 bridgehead atoms. The van der Waals surface area contributed by atoms with Gasteiger partial charge in [-0.1, -0.05) is 0 Å². The minimum atomic E-state index is -0.918. The molecule has 0 radical (unpaired) electrons. The number of benzene rings is 1. The summed E-state index contributed by atoms with van der Waals surface area (Å²) in [5.74, 6) is 0.0102. The third-order valence-electron chi connectivity index (χ3n) is 2.76. The Balaban J connectivity index is 2.10. The van der Waals surface area contributed by atoms with Crippen molar-refractivity contribution in [1.29, 1.82) is 0 Å². The van der Waals surface area contributed by atoms with Crippen LogP contribution in [-0.4, -0.2) is 20.6 Å². The van der Waals surface area contributed by atoms with Crippen LogP contribution >= 0.6 is 0 Å². The molecule has 2 aromatic rings. The second-order valence-corrected chi connectivity index (χ2v) is 4.14. The molecule has 1 unspecified atom stereocenters. The van der Waals surface area contributed by atoms with Gasteiger partial charge in [-0.05, 0) is 31.2 Å². The fraction of sp³-hybridized carbons (Fsp3) is 0.231. The minimum absolute atomic E-state index is 0.0562. The molecule has 5 nitrogen and oxygen atoms in total. The molecule has 2 rings (SSSR count). The molecule has 0 aliphatic heterocycles. The van der Waals surface area contributed by atoms with E-state index in [2.05, 4.69) is 10.3 Å². The predicted octanol–water partition coefficient (Wildman–Crippen LogP) is 2.29. The van der Waals surface area contributed by atoms with Crippen LogP contribution in [0.1, 0.15) is 29.1 Å². The van der Waals surface area contributed by atoms with Crippen LogP contribution in [-0.2, 0) is 7.05 Å². The van der Waals surface area contributed by atoms with Crippen LogP contribution in [0.25, 0.3) is 0 Å². The topological polar surface area (TPSA) is 67.2 Å². The van der Waals surface area contributed by atoms with Gasteiger partial charge in [-0.25, -0.2) is 9.78 Å². The summed E-state index contributed by atoms with van der Waals surface area (Å²) in [6.45, 7) is 2.01. The highest BCUT2D eigenvalue weighted by molar-refractivity contribution is 5.87. The summed E-state index contributed by atoms with van der Waals surface area (Å²) in [5.41, 5.74) is 1.15. The summed E-state index contributed by atoms with van der Waals surface area (Å²) >= 11 is 0. The lowest BCUT2D eigenvalue weighted by Gasteiger charge is -2.15. The van der Waals surface area contributed by atoms with Crippen LogP contribution in [0.5, 0.6) is 0 Å². The van der Waals surface area contributed by atoms with Crippen molar-refractivity contribution in [2.75, 3.05) is 5.32 Å². The average molecular weight is 245 g/mol. The Hall–Kier alpha value is -2.30. The molecule has 0 fully saturated rings. The first-order valence-electron chi connectivity index (χ1n) is 5.65. The summed E-state index contributed by atoms with van der Waals surface area (Å²) in [5, 5.41) is 12.1. The van der Waals surface area contributed by atoms with Gasteiger partial charge in [0.15, 0.2) is 0 Å². The lowest BCUT2D eigenvalue weighted by Crippen LogP contribution is -2.11. The van der Waals surface area contributed by atoms with Gasteiger partial charge in [0.25, 0.3) is 0 Å². The molecule has 0 saturated heterocycles. The average Bonchev–Trinajstić information content (AvgIpc) is 2.76. The zero-order chi connectivity index (χ0) is 13.1. The van der Waals surface area contributed by atoms with E-state index in [0.717, 1.165) is 11.5 Å². The maximum atomic E-state index is 10.7. The molecule has 0 spiro atoms. The Labute approximate surface area is 105 Å². The predicted molar refractivity (Wildman–Crippen MR) is 68.6 cm³/mol. The Kier molecular flexibility index (Phi) is 3.32. The van der Waals surface area contributed by atoms with Crippen molar-refractivity contribution in [1.82, 2.24) is 9.55 Å². The van der Waals surface area contributed by atoms with Crippen molar-refractivity contribution in [3.63, 3.8) is 0 Å². The third kappa shape index (κ3) is 2.51. The molecular formula is C13H15N3O2. The first-order chi connectivity index (χ1) is 8.58. The number of nitrogens with zero attached hydrogens (tertiary/aromatic N) is 2. The quantitative estimate of drug-likeness (QED) is 0.867. The van der Waals surface area contributed by atoms with E-state index >= 15 is 0 Å². The molecule has 0 aliphatic carbocycles. The zero-order valence-corrected chi connectivity index (χ0v) is 10.3. The fourth-order valence-electron chi connectivity index (χ4n) is 1.82. The highest BCUT2D eigenvalue weighted by Gasteiger charge is 2.10. The van der Waals surface area contributed by atoms with Gasteiger partial charge in [-0.2, -0.15) is 0 Å². The van der Waals surface area contributed by atoms with E-state index in [1.54, 1.807) is 30.5 Å². The Morgan fingerprint density at radius 1 is 1.39 bits per heavy atom. The second-order valence-electron chi connectivity index (χ2n) is 4.14. The van der Waals surface area contributed by atoms with Crippen molar-refractivity contribution in [2.45, 2.75) is 13.0 Å². The summed E-state index contributed by atoms with van der Waals surface area (Å²) in [4.78, 5) is 15.0. The summed E-state index contributed by atoms with van der Waals surface area (Å²) in [6, 6.07) is 6.72. The number of imidazole rings is 1. The Bertz CT molecular complexity index is 546. The molecule has 1 aromatic carbocycles. The number of hydrogen-bond donors (Lipinski definition) is 2. The van der Waals surface area contributed by atoms with E-state index < -0.39 is 5.97 Å². The minimum Gasteiger partial charge on any atom is -0.478 e. The van der Waals surface area contributed by atoms with E-state index in [-0.39, 0.29) is 11.6 Å². The van der Waals surface area contributed by atoms with Gasteiger partial charge in [0.05, 0.1) is 11.6 Å². The van der Waals surface area contributed by atoms with Crippen molar-refractivity contribution < 1.29 is 9.90 Å². The Morgan fingerprint density at radius 2 is 2.06 bits per heavy atom. The lowest BCUT2D eigenvalue weighted by atomic mass is 10.2. The number of carboxylic acid groups (broad SMARTS) is 1. The summed E-state index contributed by atoms with van der Waals surface area (Å²) in [6.07, 6.45) is 3.64. The smallest absolute Gasteiger partial charge is 0.335 e. The normalized spacial score (nSPS) is 12.1. The van der Waals surface area contributed by atoms with Crippen LogP contribution in [0.15, 0.2) is 36.7 Å². The molecule has 0 amide bonds. The van der Waals surface area contributed by atoms with Gasteiger partial charge in [0.2, 0.25) is 0 Å². The first-order valence-corrected chi connectivity index (χ1v) is 5.65. The van der Waals surface area contributed by atoms with Gasteiger partial charge in [-0.15, -0.1) is 0 Å². The molecular weight excluding hydrogens is 230 g/mol. The largest absolute Gasteiger partial charge is 0.478 e. The molecule has 1 atom stereocenters. The standard InChI is InChI=1S/C13H15N3O2/c1-9(12-14-7-8-16(12)2)15-11-5-3-10(4-6-11)13(17)18/h3-9,15H,1-2H3,(H,17,18). The van der Waals surface area contributed by atoms with Crippen LogP contribution < -0.4 is 5.32 Å². The number of carbonyl (C=O) groups is 1. The SMILES string of the molecule is CC(Nc1ccc(C(=O)O)cc1)c1nccn1C. The van der Waals surface area contributed by atoms with Gasteiger partial charge >= 0.3 is 5.97 Å². The fourth-order valence-corrected chi connectivity index (χ4v) is 1.82. The third-order valence-corrected chi connectivity index (χ3v) is 2.76. The van der Waals surface area contributed by atoms with Crippen molar-refractivity contribution in [2.24, 2.45) is 7.05 Å². The van der Waals surface area contributed by atoms with Crippen LogP contribution in [0.4, 0.5) is 5.69 Å².